The fraction of sp³-hybridized carbons (Fsp3) is 0.0435. The molecule has 49 heavy (non-hydrogen) atoms. The second-order valence-electron chi connectivity index (χ2n) is 13.2. The molecule has 3 heterocycles. The first kappa shape index (κ1) is 26.7. The summed E-state index contributed by atoms with van der Waals surface area (Å²) in [7, 11) is 0. The van der Waals surface area contributed by atoms with Crippen LogP contribution < -0.4 is 4.74 Å². The highest BCUT2D eigenvalue weighted by Crippen LogP contribution is 2.51. The summed E-state index contributed by atoms with van der Waals surface area (Å²) in [6.45, 7) is 0. The van der Waals surface area contributed by atoms with E-state index in [9.17, 15) is 0 Å². The molecule has 0 saturated carbocycles. The minimum absolute atomic E-state index is 0.913. The highest BCUT2D eigenvalue weighted by atomic mass is 16.5. The van der Waals surface area contributed by atoms with Crippen LogP contribution >= 0.6 is 0 Å². The van der Waals surface area contributed by atoms with Crippen molar-refractivity contribution in [3.8, 4) is 39.4 Å². The summed E-state index contributed by atoms with van der Waals surface area (Å²) >= 11 is 0. The van der Waals surface area contributed by atoms with Crippen molar-refractivity contribution in [1.29, 1.82) is 0 Å². The Morgan fingerprint density at radius 3 is 2.04 bits per heavy atom. The van der Waals surface area contributed by atoms with E-state index in [1.807, 2.05) is 0 Å². The minimum atomic E-state index is 0.913. The Balaban J connectivity index is 1.19. The van der Waals surface area contributed by atoms with E-state index in [1.165, 1.54) is 82.5 Å². The number of nitrogens with zero attached hydrogens (tertiary/aromatic N) is 2. The number of allylic oxidation sites excluding steroid dienone is 4. The number of benzene rings is 7. The Morgan fingerprint density at radius 2 is 1.18 bits per heavy atom. The lowest BCUT2D eigenvalue weighted by atomic mass is 9.92. The third-order valence-electron chi connectivity index (χ3n) is 10.5. The molecule has 0 radical (unpaired) electrons. The number of fused-ring (bicyclic) bond motifs is 9. The molecule has 2 aromatic heterocycles. The SMILES string of the molecule is C1=CCCC(n2c3ccc(-c4ccc5c(c4)c4ccccc4n5-c4ccccc4)cc3c3c4cccc5c4c(cc32)Oc2ccccc2-5)=C1. The van der Waals surface area contributed by atoms with E-state index in [0.717, 1.165) is 29.9 Å². The molecule has 3 nitrogen and oxygen atoms in total. The first-order valence-corrected chi connectivity index (χ1v) is 17.1. The van der Waals surface area contributed by atoms with Crippen LogP contribution in [-0.4, -0.2) is 9.13 Å². The Morgan fingerprint density at radius 1 is 0.469 bits per heavy atom. The van der Waals surface area contributed by atoms with Crippen molar-refractivity contribution in [2.45, 2.75) is 12.8 Å². The van der Waals surface area contributed by atoms with E-state index in [0.29, 0.717) is 0 Å². The quantitative estimate of drug-likeness (QED) is 0.191. The highest BCUT2D eigenvalue weighted by Gasteiger charge is 2.25. The molecule has 7 aromatic carbocycles. The number of para-hydroxylation sites is 3. The van der Waals surface area contributed by atoms with Gasteiger partial charge in [-0.3, -0.25) is 0 Å². The predicted octanol–water partition coefficient (Wildman–Crippen LogP) is 12.7. The van der Waals surface area contributed by atoms with Crippen LogP contribution in [0.4, 0.5) is 0 Å². The smallest absolute Gasteiger partial charge is 0.138 e. The van der Waals surface area contributed by atoms with Crippen LogP contribution in [0.5, 0.6) is 11.5 Å². The maximum absolute atomic E-state index is 6.65. The lowest BCUT2D eigenvalue weighted by Gasteiger charge is -2.22. The molecule has 9 aromatic rings. The number of hydrogen-bond acceptors (Lipinski definition) is 1. The van der Waals surface area contributed by atoms with Crippen molar-refractivity contribution < 1.29 is 4.74 Å². The maximum atomic E-state index is 6.65. The maximum Gasteiger partial charge on any atom is 0.138 e. The van der Waals surface area contributed by atoms with Gasteiger partial charge in [0, 0.05) is 49.9 Å². The van der Waals surface area contributed by atoms with Gasteiger partial charge in [-0.2, -0.15) is 0 Å². The normalized spacial score (nSPS) is 13.8. The monoisotopic (exact) mass is 626 g/mol. The van der Waals surface area contributed by atoms with Crippen molar-refractivity contribution in [1.82, 2.24) is 9.13 Å². The van der Waals surface area contributed by atoms with Gasteiger partial charge in [-0.05, 0) is 89.5 Å². The van der Waals surface area contributed by atoms with Gasteiger partial charge in [-0.15, -0.1) is 0 Å². The van der Waals surface area contributed by atoms with Crippen molar-refractivity contribution in [2.75, 3.05) is 0 Å². The molecule has 230 valence electrons. The van der Waals surface area contributed by atoms with Crippen molar-refractivity contribution in [3.05, 3.63) is 158 Å². The lowest BCUT2D eigenvalue weighted by Crippen LogP contribution is -2.00. The van der Waals surface area contributed by atoms with Gasteiger partial charge in [0.2, 0.25) is 0 Å². The number of ether oxygens (including phenoxy) is 1. The van der Waals surface area contributed by atoms with Gasteiger partial charge in [0.15, 0.2) is 0 Å². The third kappa shape index (κ3) is 3.78. The predicted molar refractivity (Wildman–Crippen MR) is 205 cm³/mol. The molecule has 0 N–H and O–H groups in total. The molecule has 0 atom stereocenters. The molecule has 3 heteroatoms. The molecule has 11 rings (SSSR count). The molecule has 0 spiro atoms. The van der Waals surface area contributed by atoms with E-state index in [1.54, 1.807) is 0 Å². The number of rotatable bonds is 3. The topological polar surface area (TPSA) is 19.1 Å². The van der Waals surface area contributed by atoms with Gasteiger partial charge >= 0.3 is 0 Å². The zero-order valence-electron chi connectivity index (χ0n) is 26.7. The van der Waals surface area contributed by atoms with Gasteiger partial charge in [0.1, 0.15) is 11.5 Å². The van der Waals surface area contributed by atoms with E-state index >= 15 is 0 Å². The summed E-state index contributed by atoms with van der Waals surface area (Å²) in [6.07, 6.45) is 8.76. The van der Waals surface area contributed by atoms with E-state index in [4.69, 9.17) is 4.74 Å². The van der Waals surface area contributed by atoms with Crippen molar-refractivity contribution in [2.24, 2.45) is 0 Å². The molecule has 0 bridgehead atoms. The summed E-state index contributed by atoms with van der Waals surface area (Å²) < 4.78 is 11.5. The van der Waals surface area contributed by atoms with E-state index in [-0.39, 0.29) is 0 Å². The van der Waals surface area contributed by atoms with Crippen molar-refractivity contribution in [3.63, 3.8) is 0 Å². The van der Waals surface area contributed by atoms with Gasteiger partial charge < -0.3 is 13.9 Å². The molecule has 0 fully saturated rings. The van der Waals surface area contributed by atoms with Crippen LogP contribution in [-0.2, 0) is 0 Å². The van der Waals surface area contributed by atoms with Gasteiger partial charge in [-0.25, -0.2) is 0 Å². The minimum Gasteiger partial charge on any atom is -0.456 e. The van der Waals surface area contributed by atoms with Gasteiger partial charge in [-0.1, -0.05) is 97.1 Å². The first-order chi connectivity index (χ1) is 24.3. The van der Waals surface area contributed by atoms with Crippen LogP contribution in [0.2, 0.25) is 0 Å². The highest BCUT2D eigenvalue weighted by molar-refractivity contribution is 6.26. The van der Waals surface area contributed by atoms with Gasteiger partial charge in [0.05, 0.1) is 22.1 Å². The van der Waals surface area contributed by atoms with E-state index in [2.05, 4.69) is 167 Å². The lowest BCUT2D eigenvalue weighted by molar-refractivity contribution is 0.487. The Labute approximate surface area is 283 Å². The number of hydrogen-bond donors (Lipinski definition) is 0. The molecule has 0 unspecified atom stereocenters. The standard InChI is InChI=1S/C46H30N2O/c1-3-12-31(13-4-1)47-39-20-9-7-16-33(39)37-26-29(22-24-40(37)47)30-23-25-41-38(27-30)45-36-19-11-18-35-34-17-8-10-21-43(34)49-44(46(35)36)28-42(45)48(41)32-14-5-2-6-15-32/h1-5,7-14,16-28H,6,15H2. The molecule has 1 aliphatic heterocycles. The van der Waals surface area contributed by atoms with Crippen LogP contribution in [0, 0.1) is 0 Å². The molecule has 0 saturated heterocycles. The molecule has 1 aliphatic carbocycles. The fourth-order valence-electron chi connectivity index (χ4n) is 8.43. The van der Waals surface area contributed by atoms with Crippen LogP contribution in [0.25, 0.3) is 88.0 Å². The zero-order valence-corrected chi connectivity index (χ0v) is 26.7. The van der Waals surface area contributed by atoms with Crippen LogP contribution in [0.3, 0.4) is 0 Å². The third-order valence-corrected chi connectivity index (χ3v) is 10.5. The van der Waals surface area contributed by atoms with Crippen LogP contribution in [0.15, 0.2) is 158 Å². The summed E-state index contributed by atoms with van der Waals surface area (Å²) in [4.78, 5) is 0. The average molecular weight is 627 g/mol. The Hall–Kier alpha value is -6.32. The Bertz CT molecular complexity index is 2900. The van der Waals surface area contributed by atoms with Crippen molar-refractivity contribution >= 4 is 60.1 Å². The molecule has 2 aliphatic rings. The van der Waals surface area contributed by atoms with Gasteiger partial charge in [0.25, 0.3) is 0 Å². The fourth-order valence-corrected chi connectivity index (χ4v) is 8.43. The summed E-state index contributed by atoms with van der Waals surface area (Å²) in [5.74, 6) is 1.84. The summed E-state index contributed by atoms with van der Waals surface area (Å²) in [6, 6.07) is 50.8. The second-order valence-corrected chi connectivity index (χ2v) is 13.2. The number of aromatic nitrogens is 2. The first-order valence-electron chi connectivity index (χ1n) is 17.1. The van der Waals surface area contributed by atoms with Crippen LogP contribution in [0.1, 0.15) is 12.8 Å². The summed E-state index contributed by atoms with van der Waals surface area (Å²) in [5, 5.41) is 7.48. The molecular formula is C46H30N2O. The molecule has 0 amide bonds. The average Bonchev–Trinajstić information content (AvgIpc) is 3.67. The van der Waals surface area contributed by atoms with E-state index < -0.39 is 0 Å². The second kappa shape index (κ2) is 10.1. The largest absolute Gasteiger partial charge is 0.456 e. The Kier molecular flexibility index (Phi) is 5.50. The summed E-state index contributed by atoms with van der Waals surface area (Å²) in [5.41, 5.74) is 12.1. The zero-order chi connectivity index (χ0) is 32.1. The molecular weight excluding hydrogens is 597 g/mol.